The summed E-state index contributed by atoms with van der Waals surface area (Å²) in [5, 5.41) is 2.27. The van der Waals surface area contributed by atoms with Crippen LogP contribution < -0.4 is 4.74 Å². The second kappa shape index (κ2) is 19.3. The van der Waals surface area contributed by atoms with Crippen LogP contribution in [0.5, 0.6) is 5.75 Å². The number of pyridine rings is 2. The Morgan fingerprint density at radius 3 is 1.68 bits per heavy atom. The molecule has 0 radical (unpaired) electrons. The van der Waals surface area contributed by atoms with Crippen LogP contribution in [-0.2, 0) is 45.4 Å². The molecule has 4 heterocycles. The summed E-state index contributed by atoms with van der Waals surface area (Å²) in [7, 11) is 1.69. The summed E-state index contributed by atoms with van der Waals surface area (Å²) in [6.45, 7) is 8.35. The Bertz CT molecular complexity index is 2740. The Hall–Kier alpha value is -5.49. The van der Waals surface area contributed by atoms with E-state index in [1.54, 1.807) is 7.11 Å². The van der Waals surface area contributed by atoms with Gasteiger partial charge in [-0.2, -0.15) is 0 Å². The number of para-hydroxylation sites is 2. The highest BCUT2D eigenvalue weighted by Crippen LogP contribution is 2.35. The van der Waals surface area contributed by atoms with Gasteiger partial charge in [-0.3, -0.25) is 0 Å². The first-order valence-corrected chi connectivity index (χ1v) is 21.1. The Balaban J connectivity index is 0.000000145. The number of hydrogen-bond acceptors (Lipinski definition) is 7. The molecular formula is C52H47IN2O5. The van der Waals surface area contributed by atoms with Crippen molar-refractivity contribution >= 4 is 44.4 Å². The molecule has 2 aliphatic rings. The molecule has 0 saturated heterocycles. The predicted molar refractivity (Wildman–Crippen MR) is 246 cm³/mol. The van der Waals surface area contributed by atoms with Crippen molar-refractivity contribution in [3.63, 3.8) is 0 Å². The van der Waals surface area contributed by atoms with Gasteiger partial charge in [0.1, 0.15) is 17.1 Å². The lowest BCUT2D eigenvalue weighted by Crippen LogP contribution is -2.05. The molecule has 2 unspecified atom stereocenters. The van der Waals surface area contributed by atoms with E-state index in [1.807, 2.05) is 60.7 Å². The second-order valence-electron chi connectivity index (χ2n) is 15.1. The summed E-state index contributed by atoms with van der Waals surface area (Å²) < 4.78 is 30.4. The van der Waals surface area contributed by atoms with Crippen LogP contribution in [0.1, 0.15) is 62.9 Å². The number of benzene rings is 6. The number of aryl methyl sites for hydroxylation is 3. The zero-order valence-corrected chi connectivity index (χ0v) is 36.4. The minimum Gasteiger partial charge on any atom is -0.497 e. The van der Waals surface area contributed by atoms with Crippen molar-refractivity contribution in [1.29, 1.82) is 0 Å². The van der Waals surface area contributed by atoms with E-state index in [2.05, 4.69) is 134 Å². The average molecular weight is 907 g/mol. The van der Waals surface area contributed by atoms with E-state index in [9.17, 15) is 0 Å². The van der Waals surface area contributed by atoms with Crippen molar-refractivity contribution < 1.29 is 23.7 Å². The highest BCUT2D eigenvalue weighted by Gasteiger charge is 2.27. The predicted octanol–water partition coefficient (Wildman–Crippen LogP) is 12.9. The molecule has 302 valence electrons. The highest BCUT2D eigenvalue weighted by atomic mass is 127. The first-order valence-electron chi connectivity index (χ1n) is 20.0. The van der Waals surface area contributed by atoms with Crippen LogP contribution in [0, 0.1) is 24.3 Å². The molecule has 0 amide bonds. The first-order chi connectivity index (χ1) is 29.3. The minimum atomic E-state index is -0.439. The normalized spacial score (nSPS) is 15.1. The summed E-state index contributed by atoms with van der Waals surface area (Å²) in [5.74, 6) is 0.848. The van der Waals surface area contributed by atoms with Crippen molar-refractivity contribution in [3.05, 3.63) is 206 Å². The summed E-state index contributed by atoms with van der Waals surface area (Å²) in [4.78, 5) is 9.50. The number of rotatable bonds is 8. The van der Waals surface area contributed by atoms with E-state index >= 15 is 0 Å². The van der Waals surface area contributed by atoms with E-state index < -0.39 is 6.29 Å². The van der Waals surface area contributed by atoms with Gasteiger partial charge in [-0.1, -0.05) is 114 Å². The van der Waals surface area contributed by atoms with Crippen LogP contribution in [-0.4, -0.2) is 17.1 Å². The second-order valence-corrected chi connectivity index (χ2v) is 16.3. The van der Waals surface area contributed by atoms with Gasteiger partial charge in [-0.05, 0) is 120 Å². The number of fused-ring (bicyclic) bond motifs is 4. The quantitative estimate of drug-likeness (QED) is 0.141. The summed E-state index contributed by atoms with van der Waals surface area (Å²) in [6.07, 6.45) is -0.814. The maximum atomic E-state index is 6.15. The molecule has 10 rings (SSSR count). The molecule has 0 N–H and O–H groups in total. The zero-order valence-electron chi connectivity index (χ0n) is 34.2. The standard InChI is InChI=1S/C26H23NO3.C19H17NO2.C7H7I/c1-17-10-18(12-21(11-17)19-7-5-8-23(14-19)28-2)15-29-26-25-22(16-30-26)13-20-6-3-4-9-24(20)27-25;1-13-5-4-6-14(9-13)11-21-19-18-16(12-22-19)10-15-7-2-3-8-17(15)20-18;1-6-3-2-4-7(8)5-6/h3-14,26H,15-16H2,1-2H3;2-10,19H,11-12H2,1H3;2-5H,1H3. The summed E-state index contributed by atoms with van der Waals surface area (Å²) in [5.41, 5.74) is 14.2. The third-order valence-corrected chi connectivity index (χ3v) is 11.0. The molecule has 60 heavy (non-hydrogen) atoms. The SMILES string of the molecule is COc1cccc(-c2cc(C)cc(COC3OCc4cc5ccccc5nc43)c2)c1.Cc1cccc(COC2OCc3cc4ccccc4nc32)c1.Cc1cccc(I)c1. The van der Waals surface area contributed by atoms with E-state index in [0.717, 1.165) is 72.3 Å². The molecular weight excluding hydrogens is 859 g/mol. The highest BCUT2D eigenvalue weighted by molar-refractivity contribution is 14.1. The molecule has 0 bridgehead atoms. The lowest BCUT2D eigenvalue weighted by molar-refractivity contribution is -0.147. The van der Waals surface area contributed by atoms with Gasteiger partial charge in [-0.15, -0.1) is 0 Å². The Labute approximate surface area is 365 Å². The Morgan fingerprint density at radius 2 is 1.10 bits per heavy atom. The number of aromatic nitrogens is 2. The van der Waals surface area contributed by atoms with Crippen LogP contribution in [0.25, 0.3) is 32.9 Å². The molecule has 6 aromatic carbocycles. The van der Waals surface area contributed by atoms with Crippen LogP contribution in [0.4, 0.5) is 0 Å². The van der Waals surface area contributed by atoms with E-state index in [0.29, 0.717) is 26.4 Å². The van der Waals surface area contributed by atoms with Gasteiger partial charge >= 0.3 is 0 Å². The molecule has 0 saturated carbocycles. The van der Waals surface area contributed by atoms with Crippen LogP contribution >= 0.6 is 22.6 Å². The monoisotopic (exact) mass is 906 g/mol. The van der Waals surface area contributed by atoms with Gasteiger partial charge in [0.25, 0.3) is 0 Å². The maximum absolute atomic E-state index is 6.15. The Morgan fingerprint density at radius 1 is 0.533 bits per heavy atom. The smallest absolute Gasteiger partial charge is 0.202 e. The average Bonchev–Trinajstić information content (AvgIpc) is 3.86. The number of hydrogen-bond donors (Lipinski definition) is 0. The molecule has 2 aromatic heterocycles. The van der Waals surface area contributed by atoms with Gasteiger partial charge < -0.3 is 23.7 Å². The lowest BCUT2D eigenvalue weighted by atomic mass is 10.0. The largest absolute Gasteiger partial charge is 0.497 e. The summed E-state index contributed by atoms with van der Waals surface area (Å²) >= 11 is 2.31. The van der Waals surface area contributed by atoms with Crippen LogP contribution in [0.2, 0.25) is 0 Å². The molecule has 8 heteroatoms. The van der Waals surface area contributed by atoms with E-state index in [-0.39, 0.29) is 6.29 Å². The van der Waals surface area contributed by atoms with Gasteiger partial charge in [0.05, 0.1) is 44.6 Å². The van der Waals surface area contributed by atoms with Crippen molar-refractivity contribution in [2.75, 3.05) is 7.11 Å². The van der Waals surface area contributed by atoms with Gasteiger partial charge in [-0.25, -0.2) is 9.97 Å². The molecule has 7 nitrogen and oxygen atoms in total. The summed E-state index contributed by atoms with van der Waals surface area (Å²) in [6, 6.07) is 51.8. The van der Waals surface area contributed by atoms with Crippen LogP contribution in [0.15, 0.2) is 152 Å². The molecule has 0 aliphatic carbocycles. The van der Waals surface area contributed by atoms with Crippen molar-refractivity contribution in [1.82, 2.24) is 9.97 Å². The fourth-order valence-corrected chi connectivity index (χ4v) is 8.10. The van der Waals surface area contributed by atoms with Gasteiger partial charge in [0.2, 0.25) is 12.6 Å². The minimum absolute atomic E-state index is 0.375. The molecule has 0 fully saturated rings. The van der Waals surface area contributed by atoms with E-state index in [1.165, 1.54) is 20.3 Å². The number of ether oxygens (including phenoxy) is 5. The third-order valence-electron chi connectivity index (χ3n) is 10.3. The number of nitrogens with zero attached hydrogens (tertiary/aromatic N) is 2. The van der Waals surface area contributed by atoms with Gasteiger partial charge in [0, 0.05) is 25.5 Å². The van der Waals surface area contributed by atoms with Gasteiger partial charge in [0.15, 0.2) is 0 Å². The fourth-order valence-electron chi connectivity index (χ4n) is 7.40. The molecule has 8 aromatic rings. The maximum Gasteiger partial charge on any atom is 0.202 e. The van der Waals surface area contributed by atoms with E-state index in [4.69, 9.17) is 33.7 Å². The van der Waals surface area contributed by atoms with Crippen LogP contribution in [0.3, 0.4) is 0 Å². The first kappa shape index (κ1) is 41.3. The molecule has 0 spiro atoms. The van der Waals surface area contributed by atoms with Crippen molar-refractivity contribution in [2.24, 2.45) is 0 Å². The molecule has 2 atom stereocenters. The Kier molecular flexibility index (Phi) is 13.2. The molecule has 2 aliphatic heterocycles. The fraction of sp³-hybridized carbons (Fsp3) is 0.192. The number of methoxy groups -OCH3 is 1. The lowest BCUT2D eigenvalue weighted by Gasteiger charge is -2.14. The van der Waals surface area contributed by atoms with Crippen molar-refractivity contribution in [3.8, 4) is 16.9 Å². The van der Waals surface area contributed by atoms with Crippen molar-refractivity contribution in [2.45, 2.75) is 59.8 Å². The number of halogens is 1. The zero-order chi connectivity index (χ0) is 41.4. The topological polar surface area (TPSA) is 71.9 Å². The third kappa shape index (κ3) is 10.3.